The van der Waals surface area contributed by atoms with Crippen molar-refractivity contribution < 1.29 is 12.8 Å². The minimum absolute atomic E-state index is 0.127. The molecule has 0 bridgehead atoms. The van der Waals surface area contributed by atoms with Crippen LogP contribution in [0.15, 0.2) is 27.9 Å². The van der Waals surface area contributed by atoms with Crippen molar-refractivity contribution in [1.29, 1.82) is 0 Å². The Morgan fingerprint density at radius 2 is 2.12 bits per heavy atom. The fraction of sp³-hybridized carbons (Fsp3) is 0.429. The Kier molecular flexibility index (Phi) is 4.50. The molecule has 24 heavy (non-hydrogen) atoms. The molecule has 1 aromatic heterocycles. The summed E-state index contributed by atoms with van der Waals surface area (Å²) in [4.78, 5) is 11.5. The standard InChI is InChI=1S/C14H16ClFN4O3S/c1-19-14(21)20-7-6-10(3-5-13(20)17-19)18-24(22,23)12-4-2-9(15)8-11(12)16/h2,4,8,10,18H,3,5-7H2,1H3. The van der Waals surface area contributed by atoms with Gasteiger partial charge in [0.1, 0.15) is 16.5 Å². The molecule has 3 rings (SSSR count). The van der Waals surface area contributed by atoms with Gasteiger partial charge in [-0.2, -0.15) is 5.10 Å². The Hall–Kier alpha value is -1.71. The molecule has 0 fully saturated rings. The number of halogens is 2. The molecule has 2 heterocycles. The van der Waals surface area contributed by atoms with Gasteiger partial charge in [0.05, 0.1) is 0 Å². The quantitative estimate of drug-likeness (QED) is 0.870. The Labute approximate surface area is 143 Å². The third-order valence-electron chi connectivity index (χ3n) is 4.01. The Balaban J connectivity index is 1.78. The van der Waals surface area contributed by atoms with E-state index in [-0.39, 0.29) is 10.7 Å². The van der Waals surface area contributed by atoms with E-state index in [1.54, 1.807) is 7.05 Å². The second-order valence-corrected chi connectivity index (χ2v) is 7.81. The van der Waals surface area contributed by atoms with Crippen molar-refractivity contribution in [3.63, 3.8) is 0 Å². The van der Waals surface area contributed by atoms with Crippen LogP contribution in [-0.4, -0.2) is 28.8 Å². The highest BCUT2D eigenvalue weighted by Gasteiger charge is 2.26. The number of nitrogens with zero attached hydrogens (tertiary/aromatic N) is 3. The number of rotatable bonds is 3. The van der Waals surface area contributed by atoms with Crippen molar-refractivity contribution >= 4 is 21.6 Å². The van der Waals surface area contributed by atoms with Crippen LogP contribution in [-0.2, 0) is 30.0 Å². The molecule has 10 heteroatoms. The molecular formula is C14H16ClFN4O3S. The van der Waals surface area contributed by atoms with Crippen molar-refractivity contribution in [1.82, 2.24) is 19.1 Å². The summed E-state index contributed by atoms with van der Waals surface area (Å²) in [6.07, 6.45) is 1.37. The number of nitrogens with one attached hydrogen (secondary N) is 1. The van der Waals surface area contributed by atoms with Gasteiger partial charge in [-0.3, -0.25) is 4.57 Å². The average Bonchev–Trinajstić information content (AvgIpc) is 2.65. The lowest BCUT2D eigenvalue weighted by molar-refractivity contribution is 0.486. The van der Waals surface area contributed by atoms with Crippen LogP contribution in [0.1, 0.15) is 18.7 Å². The second-order valence-electron chi connectivity index (χ2n) is 5.69. The van der Waals surface area contributed by atoms with Gasteiger partial charge in [0.25, 0.3) is 0 Å². The van der Waals surface area contributed by atoms with Crippen LogP contribution in [0.4, 0.5) is 4.39 Å². The molecule has 130 valence electrons. The first-order chi connectivity index (χ1) is 11.3. The van der Waals surface area contributed by atoms with Gasteiger partial charge in [0.2, 0.25) is 10.0 Å². The van der Waals surface area contributed by atoms with Crippen LogP contribution in [0.25, 0.3) is 0 Å². The van der Waals surface area contributed by atoms with Crippen LogP contribution in [0.2, 0.25) is 5.02 Å². The monoisotopic (exact) mass is 374 g/mol. The topological polar surface area (TPSA) is 86.0 Å². The van der Waals surface area contributed by atoms with E-state index in [0.717, 1.165) is 12.1 Å². The van der Waals surface area contributed by atoms with E-state index < -0.39 is 26.8 Å². The van der Waals surface area contributed by atoms with E-state index in [1.807, 2.05) is 0 Å². The largest absolute Gasteiger partial charge is 0.345 e. The van der Waals surface area contributed by atoms with Crippen molar-refractivity contribution in [2.75, 3.05) is 0 Å². The van der Waals surface area contributed by atoms with E-state index in [4.69, 9.17) is 11.6 Å². The number of sulfonamides is 1. The average molecular weight is 375 g/mol. The number of fused-ring (bicyclic) bond motifs is 1. The molecule has 0 amide bonds. The molecule has 1 unspecified atom stereocenters. The minimum Gasteiger partial charge on any atom is -0.279 e. The number of aryl methyl sites for hydroxylation is 2. The third kappa shape index (κ3) is 3.24. The van der Waals surface area contributed by atoms with Gasteiger partial charge in [-0.15, -0.1) is 0 Å². The van der Waals surface area contributed by atoms with Gasteiger partial charge in [0.15, 0.2) is 0 Å². The third-order valence-corrected chi connectivity index (χ3v) is 5.80. The molecule has 1 aliphatic heterocycles. The molecular weight excluding hydrogens is 359 g/mol. The summed E-state index contributed by atoms with van der Waals surface area (Å²) in [5.74, 6) is -0.271. The summed E-state index contributed by atoms with van der Waals surface area (Å²) in [5.41, 5.74) is -0.225. The molecule has 1 aliphatic rings. The second kappa shape index (κ2) is 6.30. The zero-order valence-electron chi connectivity index (χ0n) is 12.9. The summed E-state index contributed by atoms with van der Waals surface area (Å²) in [6.45, 7) is 0.359. The van der Waals surface area contributed by atoms with Gasteiger partial charge in [0, 0.05) is 31.1 Å². The molecule has 1 atom stereocenters. The van der Waals surface area contributed by atoms with E-state index in [2.05, 4.69) is 9.82 Å². The first kappa shape index (κ1) is 17.1. The highest BCUT2D eigenvalue weighted by Crippen LogP contribution is 2.21. The van der Waals surface area contributed by atoms with Gasteiger partial charge in [-0.25, -0.2) is 27.0 Å². The maximum atomic E-state index is 13.9. The fourth-order valence-corrected chi connectivity index (χ4v) is 4.31. The zero-order valence-corrected chi connectivity index (χ0v) is 14.4. The van der Waals surface area contributed by atoms with Gasteiger partial charge >= 0.3 is 5.69 Å². The molecule has 7 nitrogen and oxygen atoms in total. The number of hydrogen-bond donors (Lipinski definition) is 1. The van der Waals surface area contributed by atoms with Crippen LogP contribution in [0.3, 0.4) is 0 Å². The lowest BCUT2D eigenvalue weighted by Gasteiger charge is -2.16. The lowest BCUT2D eigenvalue weighted by atomic mass is 10.1. The first-order valence-corrected chi connectivity index (χ1v) is 9.24. The number of hydrogen-bond acceptors (Lipinski definition) is 4. The Morgan fingerprint density at radius 3 is 2.83 bits per heavy atom. The van der Waals surface area contributed by atoms with Crippen molar-refractivity contribution in [2.24, 2.45) is 7.05 Å². The molecule has 0 saturated heterocycles. The maximum Gasteiger partial charge on any atom is 0.345 e. The summed E-state index contributed by atoms with van der Waals surface area (Å²) >= 11 is 5.65. The molecule has 2 aromatic rings. The highest BCUT2D eigenvalue weighted by atomic mass is 35.5. The normalized spacial score (nSPS) is 18.2. The minimum atomic E-state index is -4.01. The lowest BCUT2D eigenvalue weighted by Crippen LogP contribution is -2.36. The summed E-state index contributed by atoms with van der Waals surface area (Å²) in [5, 5.41) is 4.27. The summed E-state index contributed by atoms with van der Waals surface area (Å²) in [6, 6.07) is 3.02. The predicted molar refractivity (Wildman–Crippen MR) is 85.9 cm³/mol. The number of aromatic nitrogens is 3. The van der Waals surface area contributed by atoms with E-state index in [9.17, 15) is 17.6 Å². The van der Waals surface area contributed by atoms with Crippen molar-refractivity contribution in [3.05, 3.63) is 45.3 Å². The predicted octanol–water partition coefficient (Wildman–Crippen LogP) is 1.06. The van der Waals surface area contributed by atoms with Crippen molar-refractivity contribution in [3.8, 4) is 0 Å². The summed E-state index contributed by atoms with van der Waals surface area (Å²) < 4.78 is 44.0. The van der Waals surface area contributed by atoms with E-state index >= 15 is 0 Å². The summed E-state index contributed by atoms with van der Waals surface area (Å²) in [7, 11) is -2.43. The van der Waals surface area contributed by atoms with E-state index in [1.165, 1.54) is 15.3 Å². The number of benzene rings is 1. The smallest absolute Gasteiger partial charge is 0.279 e. The van der Waals surface area contributed by atoms with Crippen LogP contribution in [0.5, 0.6) is 0 Å². The molecule has 0 saturated carbocycles. The highest BCUT2D eigenvalue weighted by molar-refractivity contribution is 7.89. The fourth-order valence-electron chi connectivity index (χ4n) is 2.79. The molecule has 0 aliphatic carbocycles. The van der Waals surface area contributed by atoms with Gasteiger partial charge < -0.3 is 0 Å². The first-order valence-electron chi connectivity index (χ1n) is 7.38. The van der Waals surface area contributed by atoms with Gasteiger partial charge in [-0.1, -0.05) is 11.6 Å². The van der Waals surface area contributed by atoms with Crippen LogP contribution < -0.4 is 10.4 Å². The molecule has 0 spiro atoms. The molecule has 1 N–H and O–H groups in total. The van der Waals surface area contributed by atoms with Crippen LogP contribution >= 0.6 is 11.6 Å². The van der Waals surface area contributed by atoms with Crippen molar-refractivity contribution in [2.45, 2.75) is 36.7 Å². The Morgan fingerprint density at radius 1 is 1.38 bits per heavy atom. The molecule has 0 radical (unpaired) electrons. The molecule has 1 aromatic carbocycles. The maximum absolute atomic E-state index is 13.9. The van der Waals surface area contributed by atoms with Crippen LogP contribution in [0, 0.1) is 5.82 Å². The van der Waals surface area contributed by atoms with Gasteiger partial charge in [-0.05, 0) is 31.0 Å². The zero-order chi connectivity index (χ0) is 17.5. The van der Waals surface area contributed by atoms with E-state index in [0.29, 0.717) is 31.6 Å². The SMILES string of the molecule is Cn1nc2n(c1=O)CCC(NS(=O)(=O)c1ccc(Cl)cc1F)CC2. The Bertz CT molecular complexity index is 938.